The minimum atomic E-state index is 0.706. The lowest BCUT2D eigenvalue weighted by Crippen LogP contribution is -2.34. The molecule has 1 heterocycles. The smallest absolute Gasteiger partial charge is 0.119 e. The molecule has 0 amide bonds. The van der Waals surface area contributed by atoms with Crippen molar-refractivity contribution < 1.29 is 4.74 Å². The molecule has 1 aromatic heterocycles. The molecule has 5 heteroatoms. The Bertz CT molecular complexity index is 985. The quantitative estimate of drug-likeness (QED) is 0.375. The van der Waals surface area contributed by atoms with Crippen LogP contribution in [0.3, 0.4) is 0 Å². The number of pyridine rings is 1. The number of nitrogens with zero attached hydrogens (tertiary/aromatic N) is 2. The highest BCUT2D eigenvalue weighted by Gasteiger charge is 2.17. The highest BCUT2D eigenvalue weighted by molar-refractivity contribution is 6.31. The summed E-state index contributed by atoms with van der Waals surface area (Å²) in [6.45, 7) is 2.04. The third-order valence-electron chi connectivity index (χ3n) is 6.13. The van der Waals surface area contributed by atoms with Gasteiger partial charge in [-0.05, 0) is 69.3 Å². The number of hydrogen-bond acceptors (Lipinski definition) is 4. The van der Waals surface area contributed by atoms with Crippen LogP contribution in [0, 0.1) is 0 Å². The van der Waals surface area contributed by atoms with Gasteiger partial charge in [0.1, 0.15) is 5.75 Å². The van der Waals surface area contributed by atoms with Gasteiger partial charge in [-0.3, -0.25) is 0 Å². The molecule has 2 aromatic carbocycles. The summed E-state index contributed by atoms with van der Waals surface area (Å²) < 4.78 is 5.45. The van der Waals surface area contributed by atoms with Crippen LogP contribution in [0.1, 0.15) is 38.5 Å². The Morgan fingerprint density at radius 2 is 1.90 bits per heavy atom. The van der Waals surface area contributed by atoms with Crippen molar-refractivity contribution in [3.63, 3.8) is 0 Å². The fourth-order valence-corrected chi connectivity index (χ4v) is 4.63. The van der Waals surface area contributed by atoms with E-state index in [2.05, 4.69) is 29.4 Å². The topological polar surface area (TPSA) is 37.4 Å². The van der Waals surface area contributed by atoms with Gasteiger partial charge in [-0.2, -0.15) is 0 Å². The predicted octanol–water partition coefficient (Wildman–Crippen LogP) is 6.12. The maximum Gasteiger partial charge on any atom is 0.119 e. The second kappa shape index (κ2) is 9.19. The van der Waals surface area contributed by atoms with Gasteiger partial charge in [-0.1, -0.05) is 30.9 Å². The number of benzene rings is 2. The van der Waals surface area contributed by atoms with Crippen LogP contribution in [0.15, 0.2) is 36.4 Å². The molecular formula is C24H30ClN3O. The van der Waals surface area contributed by atoms with Crippen LogP contribution in [0.25, 0.3) is 21.8 Å². The molecule has 3 aromatic rings. The highest BCUT2D eigenvalue weighted by Crippen LogP contribution is 2.34. The van der Waals surface area contributed by atoms with Gasteiger partial charge < -0.3 is 15.0 Å². The number of methoxy groups -OCH3 is 1. The number of ether oxygens (including phenoxy) is 1. The minimum absolute atomic E-state index is 0.706. The first-order valence-corrected chi connectivity index (χ1v) is 11.0. The number of fused-ring (bicyclic) bond motifs is 2. The van der Waals surface area contributed by atoms with Crippen molar-refractivity contribution in [2.45, 2.75) is 44.6 Å². The molecule has 4 nitrogen and oxygen atoms in total. The summed E-state index contributed by atoms with van der Waals surface area (Å²) in [5, 5.41) is 6.58. The monoisotopic (exact) mass is 411 g/mol. The van der Waals surface area contributed by atoms with E-state index in [4.69, 9.17) is 21.3 Å². The van der Waals surface area contributed by atoms with Gasteiger partial charge in [-0.25, -0.2) is 4.98 Å². The van der Waals surface area contributed by atoms with Crippen molar-refractivity contribution >= 4 is 39.1 Å². The van der Waals surface area contributed by atoms with Gasteiger partial charge >= 0.3 is 0 Å². The van der Waals surface area contributed by atoms with Crippen LogP contribution in [-0.2, 0) is 0 Å². The second-order valence-corrected chi connectivity index (χ2v) is 8.52. The predicted molar refractivity (Wildman–Crippen MR) is 123 cm³/mol. The van der Waals surface area contributed by atoms with Crippen molar-refractivity contribution in [3.05, 3.63) is 41.4 Å². The summed E-state index contributed by atoms with van der Waals surface area (Å²) in [7, 11) is 3.98. The van der Waals surface area contributed by atoms with E-state index in [1.165, 1.54) is 32.1 Å². The first-order chi connectivity index (χ1) is 14.2. The summed E-state index contributed by atoms with van der Waals surface area (Å²) >= 11 is 6.22. The third kappa shape index (κ3) is 4.59. The lowest BCUT2D eigenvalue weighted by Gasteiger charge is -2.31. The molecule has 0 atom stereocenters. The summed E-state index contributed by atoms with van der Waals surface area (Å²) in [5.74, 6) is 0.840. The molecule has 0 spiro atoms. The Kier molecular flexibility index (Phi) is 6.41. The number of nitrogens with one attached hydrogen (secondary N) is 1. The number of rotatable bonds is 7. The van der Waals surface area contributed by atoms with Gasteiger partial charge in [0.25, 0.3) is 0 Å². The van der Waals surface area contributed by atoms with Crippen LogP contribution in [-0.4, -0.2) is 43.2 Å². The Morgan fingerprint density at radius 1 is 1.07 bits per heavy atom. The Hall–Kier alpha value is -2.04. The molecule has 1 aliphatic carbocycles. The zero-order chi connectivity index (χ0) is 20.2. The molecule has 29 heavy (non-hydrogen) atoms. The minimum Gasteiger partial charge on any atom is -0.497 e. The van der Waals surface area contributed by atoms with E-state index in [0.29, 0.717) is 5.02 Å². The zero-order valence-corrected chi connectivity index (χ0v) is 18.1. The first kappa shape index (κ1) is 20.2. The van der Waals surface area contributed by atoms with Crippen LogP contribution in [0.5, 0.6) is 5.75 Å². The summed E-state index contributed by atoms with van der Waals surface area (Å²) in [6, 6.07) is 12.7. The van der Waals surface area contributed by atoms with Crippen molar-refractivity contribution in [2.75, 3.05) is 32.6 Å². The van der Waals surface area contributed by atoms with Crippen LogP contribution in [0.2, 0.25) is 5.02 Å². The standard InChI is InChI=1S/C24H30ClN3O/c1-28(18-7-4-3-5-8-18)14-6-13-26-24-20-11-9-17(25)15-23(20)27-22-12-10-19(29-2)16-21(22)24/h9-12,15-16,18H,3-8,13-14H2,1-2H3,(H,26,27). The number of anilines is 1. The summed E-state index contributed by atoms with van der Waals surface area (Å²) in [5.41, 5.74) is 2.97. The number of halogens is 1. The highest BCUT2D eigenvalue weighted by atomic mass is 35.5. The molecule has 4 rings (SSSR count). The maximum atomic E-state index is 6.22. The molecule has 1 saturated carbocycles. The first-order valence-electron chi connectivity index (χ1n) is 10.7. The van der Waals surface area contributed by atoms with Crippen molar-refractivity contribution in [3.8, 4) is 5.75 Å². The molecule has 0 aliphatic heterocycles. The molecule has 0 saturated heterocycles. The molecule has 0 unspecified atom stereocenters. The number of hydrogen-bond donors (Lipinski definition) is 1. The van der Waals surface area contributed by atoms with E-state index in [1.54, 1.807) is 7.11 Å². The zero-order valence-electron chi connectivity index (χ0n) is 17.4. The van der Waals surface area contributed by atoms with Crippen LogP contribution >= 0.6 is 11.6 Å². The van der Waals surface area contributed by atoms with E-state index in [-0.39, 0.29) is 0 Å². The van der Waals surface area contributed by atoms with Crippen molar-refractivity contribution in [2.24, 2.45) is 0 Å². The molecule has 154 valence electrons. The lowest BCUT2D eigenvalue weighted by atomic mass is 9.94. The summed E-state index contributed by atoms with van der Waals surface area (Å²) in [6.07, 6.45) is 7.98. The van der Waals surface area contributed by atoms with Crippen molar-refractivity contribution in [1.82, 2.24) is 9.88 Å². The van der Waals surface area contributed by atoms with Gasteiger partial charge in [0.05, 0.1) is 23.8 Å². The van der Waals surface area contributed by atoms with E-state index in [9.17, 15) is 0 Å². The molecular weight excluding hydrogens is 382 g/mol. The molecule has 1 fully saturated rings. The molecule has 0 radical (unpaired) electrons. The van der Waals surface area contributed by atoms with Gasteiger partial charge in [0, 0.05) is 28.4 Å². The van der Waals surface area contributed by atoms with Gasteiger partial charge in [0.2, 0.25) is 0 Å². The maximum absolute atomic E-state index is 6.22. The Balaban J connectivity index is 1.54. The molecule has 1 aliphatic rings. The number of aromatic nitrogens is 1. The summed E-state index contributed by atoms with van der Waals surface area (Å²) in [4.78, 5) is 7.35. The third-order valence-corrected chi connectivity index (χ3v) is 6.37. The van der Waals surface area contributed by atoms with Crippen LogP contribution < -0.4 is 10.1 Å². The fraction of sp³-hybridized carbons (Fsp3) is 0.458. The normalized spacial score (nSPS) is 15.3. The molecule has 0 bridgehead atoms. The SMILES string of the molecule is COc1ccc2nc3cc(Cl)ccc3c(NCCCN(C)C3CCCCC3)c2c1. The van der Waals surface area contributed by atoms with E-state index in [1.807, 2.05) is 24.3 Å². The Labute approximate surface area is 178 Å². The van der Waals surface area contributed by atoms with E-state index >= 15 is 0 Å². The van der Waals surface area contributed by atoms with Gasteiger partial charge in [0.15, 0.2) is 0 Å². The van der Waals surface area contributed by atoms with Crippen molar-refractivity contribution in [1.29, 1.82) is 0 Å². The lowest BCUT2D eigenvalue weighted by molar-refractivity contribution is 0.191. The second-order valence-electron chi connectivity index (χ2n) is 8.08. The average molecular weight is 412 g/mol. The fourth-order valence-electron chi connectivity index (χ4n) is 4.46. The molecule has 1 N–H and O–H groups in total. The largest absolute Gasteiger partial charge is 0.497 e. The van der Waals surface area contributed by atoms with E-state index < -0.39 is 0 Å². The van der Waals surface area contributed by atoms with Crippen LogP contribution in [0.4, 0.5) is 5.69 Å². The van der Waals surface area contributed by atoms with Gasteiger partial charge in [-0.15, -0.1) is 0 Å². The van der Waals surface area contributed by atoms with E-state index in [0.717, 1.165) is 58.8 Å². The average Bonchev–Trinajstić information content (AvgIpc) is 2.76. The Morgan fingerprint density at radius 3 is 2.69 bits per heavy atom.